The average Bonchev–Trinajstić information content (AvgIpc) is 3.34. The van der Waals surface area contributed by atoms with Gasteiger partial charge < -0.3 is 4.74 Å². The summed E-state index contributed by atoms with van der Waals surface area (Å²) in [5.74, 6) is 1.86. The minimum atomic E-state index is -0.505. The van der Waals surface area contributed by atoms with Crippen LogP contribution in [-0.2, 0) is 5.66 Å². The second-order valence-corrected chi connectivity index (χ2v) is 8.81. The number of benzene rings is 3. The van der Waals surface area contributed by atoms with Crippen molar-refractivity contribution < 1.29 is 13.9 Å². The molecule has 0 N–H and O–H groups in total. The van der Waals surface area contributed by atoms with Crippen molar-refractivity contribution in [3.8, 4) is 22.8 Å². The molecule has 32 heavy (non-hydrogen) atoms. The second kappa shape index (κ2) is 4.78. The Hall–Kier alpha value is -4.31. The van der Waals surface area contributed by atoms with Gasteiger partial charge in [0.25, 0.3) is 0 Å². The molecule has 1 unspecified atom stereocenters. The summed E-state index contributed by atoms with van der Waals surface area (Å²) < 4.78 is 11.5. The smallest absolute Gasteiger partial charge is 0.425 e. The highest BCUT2D eigenvalue weighted by molar-refractivity contribution is 6.24. The first-order chi connectivity index (χ1) is 15.9. The summed E-state index contributed by atoms with van der Waals surface area (Å²) in [4.78, 5) is 4.81. The Kier molecular flexibility index (Phi) is 2.31. The summed E-state index contributed by atoms with van der Waals surface area (Å²) in [5, 5.41) is 4.86. The fraction of sp³-hybridized carbons (Fsp3) is 0.0357. The third kappa shape index (κ3) is 1.38. The van der Waals surface area contributed by atoms with Gasteiger partial charge in [0.05, 0.1) is 21.9 Å². The normalized spacial score (nSPS) is 18.4. The molecule has 146 valence electrons. The minimum absolute atomic E-state index is 0.505. The molecule has 0 bridgehead atoms. The van der Waals surface area contributed by atoms with Gasteiger partial charge in [-0.2, -0.15) is 0 Å². The van der Waals surface area contributed by atoms with Crippen LogP contribution in [0.2, 0.25) is 0 Å². The molecule has 3 aromatic heterocycles. The van der Waals surface area contributed by atoms with Crippen molar-refractivity contribution in [3.63, 3.8) is 0 Å². The van der Waals surface area contributed by atoms with Crippen LogP contribution in [0.25, 0.3) is 43.8 Å². The molecule has 0 aliphatic carbocycles. The van der Waals surface area contributed by atoms with E-state index < -0.39 is 5.66 Å². The van der Waals surface area contributed by atoms with Gasteiger partial charge in [0, 0.05) is 29.8 Å². The first kappa shape index (κ1) is 15.5. The Labute approximate surface area is 182 Å². The molecule has 1 atom stereocenters. The van der Waals surface area contributed by atoms with Crippen molar-refractivity contribution in [2.75, 3.05) is 0 Å². The van der Waals surface area contributed by atoms with Gasteiger partial charge in [0.15, 0.2) is 23.5 Å². The average molecular weight is 409 g/mol. The van der Waals surface area contributed by atoms with E-state index in [4.69, 9.17) is 9.72 Å². The summed E-state index contributed by atoms with van der Waals surface area (Å²) in [5.41, 5.74) is 6.65. The van der Waals surface area contributed by atoms with Crippen molar-refractivity contribution >= 4 is 32.6 Å². The molecule has 6 aromatic rings. The zero-order valence-electron chi connectivity index (χ0n) is 16.9. The molecule has 0 saturated heterocycles. The summed E-state index contributed by atoms with van der Waals surface area (Å²) in [6, 6.07) is 25.8. The van der Waals surface area contributed by atoms with Crippen LogP contribution in [0.5, 0.6) is 11.5 Å². The van der Waals surface area contributed by atoms with Gasteiger partial charge >= 0.3 is 5.66 Å². The first-order valence-electron chi connectivity index (χ1n) is 10.9. The molecule has 3 aliphatic heterocycles. The lowest BCUT2D eigenvalue weighted by Gasteiger charge is -2.25. The molecule has 1 spiro atoms. The third-order valence-electron chi connectivity index (χ3n) is 7.53. The Bertz CT molecular complexity index is 1870. The van der Waals surface area contributed by atoms with Crippen LogP contribution in [0.4, 0.5) is 0 Å². The number of nitrogens with zero attached hydrogens (tertiary/aromatic N) is 3. The predicted octanol–water partition coefficient (Wildman–Crippen LogP) is 4.81. The van der Waals surface area contributed by atoms with E-state index in [0.717, 1.165) is 17.0 Å². The number of pyridine rings is 3. The van der Waals surface area contributed by atoms with Crippen molar-refractivity contribution in [1.29, 1.82) is 0 Å². The molecule has 6 heterocycles. The van der Waals surface area contributed by atoms with Gasteiger partial charge in [-0.3, -0.25) is 4.98 Å². The maximum absolute atomic E-state index is 6.58. The molecular weight excluding hydrogens is 394 g/mol. The summed E-state index contributed by atoms with van der Waals surface area (Å²) in [6.07, 6.45) is 6.33. The van der Waals surface area contributed by atoms with Gasteiger partial charge in [-0.1, -0.05) is 12.1 Å². The summed E-state index contributed by atoms with van der Waals surface area (Å²) in [7, 11) is 0. The van der Waals surface area contributed by atoms with Gasteiger partial charge in [0.2, 0.25) is 11.2 Å². The van der Waals surface area contributed by atoms with Crippen LogP contribution in [0.15, 0.2) is 91.4 Å². The zero-order chi connectivity index (χ0) is 20.6. The van der Waals surface area contributed by atoms with Crippen molar-refractivity contribution in [2.45, 2.75) is 5.66 Å². The Morgan fingerprint density at radius 3 is 2.59 bits per heavy atom. The van der Waals surface area contributed by atoms with Crippen molar-refractivity contribution in [3.05, 3.63) is 103 Å². The monoisotopic (exact) mass is 409 g/mol. The number of fused-ring (bicyclic) bond motifs is 5. The molecule has 3 aliphatic rings. The predicted molar refractivity (Wildman–Crippen MR) is 121 cm³/mol. The molecule has 0 fully saturated rings. The zero-order valence-corrected chi connectivity index (χ0v) is 16.9. The highest BCUT2D eigenvalue weighted by Crippen LogP contribution is 2.57. The lowest BCUT2D eigenvalue weighted by Crippen LogP contribution is -2.71. The number of ether oxygens (including phenoxy) is 1. The largest absolute Gasteiger partial charge is 0.456 e. The third-order valence-corrected chi connectivity index (χ3v) is 7.53. The standard InChI is InChI=1S/C28H15N3O/c1-2-14-30-20(9-1)18-6-3-10-21-24(18)28(30)25-22(32-21)12-11-16-17-7-4-13-29-26(17)19-8-5-15-31(28)27(19)23(16)25/h1-15H/q+2. The maximum atomic E-state index is 6.58. The van der Waals surface area contributed by atoms with E-state index in [1.165, 1.54) is 49.4 Å². The van der Waals surface area contributed by atoms with Crippen LogP contribution in [0, 0.1) is 0 Å². The second-order valence-electron chi connectivity index (χ2n) is 8.81. The lowest BCUT2D eigenvalue weighted by molar-refractivity contribution is -0.950. The molecule has 4 nitrogen and oxygen atoms in total. The Morgan fingerprint density at radius 2 is 1.59 bits per heavy atom. The topological polar surface area (TPSA) is 29.9 Å². The van der Waals surface area contributed by atoms with Crippen molar-refractivity contribution in [2.24, 2.45) is 0 Å². The maximum Gasteiger partial charge on any atom is 0.425 e. The quantitative estimate of drug-likeness (QED) is 0.266. The van der Waals surface area contributed by atoms with Crippen LogP contribution in [-0.4, -0.2) is 4.98 Å². The van der Waals surface area contributed by atoms with Gasteiger partial charge in [-0.05, 0) is 47.9 Å². The van der Waals surface area contributed by atoms with Gasteiger partial charge in [-0.15, -0.1) is 9.13 Å². The number of hydrogen-bond donors (Lipinski definition) is 0. The van der Waals surface area contributed by atoms with E-state index >= 15 is 0 Å². The molecule has 4 heteroatoms. The van der Waals surface area contributed by atoms with E-state index in [1.54, 1.807) is 0 Å². The highest BCUT2D eigenvalue weighted by atomic mass is 16.5. The fourth-order valence-electron chi connectivity index (χ4n) is 6.52. The van der Waals surface area contributed by atoms with Gasteiger partial charge in [0.1, 0.15) is 11.5 Å². The van der Waals surface area contributed by atoms with Gasteiger partial charge in [-0.25, -0.2) is 0 Å². The van der Waals surface area contributed by atoms with E-state index in [2.05, 4.69) is 88.3 Å². The summed E-state index contributed by atoms with van der Waals surface area (Å²) in [6.45, 7) is 0. The van der Waals surface area contributed by atoms with E-state index in [9.17, 15) is 0 Å². The molecule has 0 radical (unpaired) electrons. The van der Waals surface area contributed by atoms with Crippen LogP contribution in [0.3, 0.4) is 0 Å². The summed E-state index contributed by atoms with van der Waals surface area (Å²) >= 11 is 0. The van der Waals surface area contributed by atoms with E-state index in [-0.39, 0.29) is 0 Å². The minimum Gasteiger partial charge on any atom is -0.456 e. The first-order valence-corrected chi connectivity index (χ1v) is 10.9. The number of hydrogen-bond acceptors (Lipinski definition) is 2. The van der Waals surface area contributed by atoms with Crippen molar-refractivity contribution in [1.82, 2.24) is 4.98 Å². The number of rotatable bonds is 0. The molecule has 0 amide bonds. The van der Waals surface area contributed by atoms with E-state index in [0.29, 0.717) is 0 Å². The Balaban J connectivity index is 1.66. The SMILES string of the molecule is c1cc2c3c(c1)-c1cccc[n+]1C31c3c(ccc4c5cccnc5c5ccc[n+]1c5c34)O2. The van der Waals surface area contributed by atoms with Crippen LogP contribution < -0.4 is 13.9 Å². The molecule has 0 saturated carbocycles. The van der Waals surface area contributed by atoms with E-state index in [1.807, 2.05) is 12.3 Å². The highest BCUT2D eigenvalue weighted by Gasteiger charge is 2.70. The van der Waals surface area contributed by atoms with Crippen LogP contribution >= 0.6 is 0 Å². The fourth-order valence-corrected chi connectivity index (χ4v) is 6.52. The Morgan fingerprint density at radius 1 is 0.688 bits per heavy atom. The molecule has 9 rings (SSSR count). The number of aromatic nitrogens is 3. The lowest BCUT2D eigenvalue weighted by atomic mass is 9.86. The molecular formula is C28H15N3O+2. The van der Waals surface area contributed by atoms with Crippen LogP contribution in [0.1, 0.15) is 11.1 Å². The molecule has 3 aromatic carbocycles.